The summed E-state index contributed by atoms with van der Waals surface area (Å²) in [6.07, 6.45) is 6.06. The van der Waals surface area contributed by atoms with E-state index in [4.69, 9.17) is 0 Å². The van der Waals surface area contributed by atoms with Crippen LogP contribution in [0.25, 0.3) is 22.0 Å². The zero-order valence-corrected chi connectivity index (χ0v) is 20.1. The first kappa shape index (κ1) is 24.2. The topological polar surface area (TPSA) is 86.9 Å². The summed E-state index contributed by atoms with van der Waals surface area (Å²) in [5.41, 5.74) is 2.96. The minimum absolute atomic E-state index is 0.0322. The van der Waals surface area contributed by atoms with Crippen molar-refractivity contribution < 1.29 is 9.59 Å². The minimum atomic E-state index is -0.222. The molecule has 4 rings (SSSR count). The largest absolute Gasteiger partial charge is 0.359 e. The molecule has 35 heavy (non-hydrogen) atoms. The van der Waals surface area contributed by atoms with Gasteiger partial charge in [0.1, 0.15) is 5.82 Å². The molecule has 3 N–H and O–H groups in total. The monoisotopic (exact) mass is 468 g/mol. The summed E-state index contributed by atoms with van der Waals surface area (Å²) >= 11 is 0. The summed E-state index contributed by atoms with van der Waals surface area (Å²) in [6, 6.07) is 24.1. The smallest absolute Gasteiger partial charge is 0.225 e. The van der Waals surface area contributed by atoms with Gasteiger partial charge < -0.3 is 15.6 Å². The average Bonchev–Trinajstić information content (AvgIpc) is 3.38. The fourth-order valence-corrected chi connectivity index (χ4v) is 4.26. The Hall–Kier alpha value is -3.93. The molecular formula is C29H32N4O2. The highest BCUT2D eigenvalue weighted by Crippen LogP contribution is 2.26. The molecule has 0 aliphatic heterocycles. The molecule has 6 heteroatoms. The first-order chi connectivity index (χ1) is 17.1. The van der Waals surface area contributed by atoms with Crippen LogP contribution in [-0.4, -0.2) is 28.8 Å². The van der Waals surface area contributed by atoms with Crippen molar-refractivity contribution >= 4 is 22.6 Å². The maximum absolute atomic E-state index is 12.8. The lowest BCUT2D eigenvalue weighted by Gasteiger charge is -2.17. The summed E-state index contributed by atoms with van der Waals surface area (Å²) in [5, 5.41) is 8.20. The molecule has 0 spiro atoms. The van der Waals surface area contributed by atoms with Crippen LogP contribution in [0, 0.1) is 0 Å². The van der Waals surface area contributed by atoms with Crippen LogP contribution in [0.2, 0.25) is 0 Å². The van der Waals surface area contributed by atoms with E-state index in [-0.39, 0.29) is 17.9 Å². The molecule has 0 aliphatic rings. The Bertz CT molecular complexity index is 1270. The molecule has 1 atom stereocenters. The lowest BCUT2D eigenvalue weighted by Crippen LogP contribution is -2.30. The van der Waals surface area contributed by atoms with E-state index in [2.05, 4.69) is 50.9 Å². The van der Waals surface area contributed by atoms with Crippen LogP contribution in [0.15, 0.2) is 79.0 Å². The predicted molar refractivity (Wildman–Crippen MR) is 140 cm³/mol. The zero-order chi connectivity index (χ0) is 24.5. The number of amides is 2. The third-order valence-electron chi connectivity index (χ3n) is 6.20. The third-order valence-corrected chi connectivity index (χ3v) is 6.20. The van der Waals surface area contributed by atoms with Crippen molar-refractivity contribution in [3.8, 4) is 11.3 Å². The molecule has 2 amide bonds. The van der Waals surface area contributed by atoms with Gasteiger partial charge in [0.05, 0.1) is 24.4 Å². The number of H-pyrrole nitrogens is 1. The number of nitrogens with one attached hydrogen (secondary N) is 3. The van der Waals surface area contributed by atoms with Gasteiger partial charge in [-0.1, -0.05) is 79.6 Å². The van der Waals surface area contributed by atoms with Gasteiger partial charge in [0.25, 0.3) is 0 Å². The van der Waals surface area contributed by atoms with Gasteiger partial charge in [-0.05, 0) is 35.2 Å². The second-order valence-electron chi connectivity index (χ2n) is 8.80. The molecule has 0 saturated heterocycles. The Morgan fingerprint density at radius 1 is 0.886 bits per heavy atom. The Morgan fingerprint density at radius 3 is 2.46 bits per heavy atom. The molecule has 0 unspecified atom stereocenters. The second-order valence-corrected chi connectivity index (χ2v) is 8.80. The molecule has 0 radical (unpaired) electrons. The predicted octanol–water partition coefficient (Wildman–Crippen LogP) is 5.33. The molecule has 4 aromatic rings. The zero-order valence-electron chi connectivity index (χ0n) is 20.1. The number of fused-ring (bicyclic) bond motifs is 1. The van der Waals surface area contributed by atoms with Crippen LogP contribution in [0.4, 0.5) is 0 Å². The summed E-state index contributed by atoms with van der Waals surface area (Å²) in [6.45, 7) is 0. The van der Waals surface area contributed by atoms with Crippen molar-refractivity contribution in [3.63, 3.8) is 0 Å². The molecular weight excluding hydrogens is 436 g/mol. The van der Waals surface area contributed by atoms with E-state index in [0.29, 0.717) is 12.8 Å². The quantitative estimate of drug-likeness (QED) is 0.260. The Labute approximate surface area is 206 Å². The van der Waals surface area contributed by atoms with Gasteiger partial charge in [0.2, 0.25) is 11.8 Å². The van der Waals surface area contributed by atoms with Crippen LogP contribution < -0.4 is 10.6 Å². The number of aromatic amines is 1. The molecule has 1 aromatic heterocycles. The van der Waals surface area contributed by atoms with E-state index in [1.807, 2.05) is 48.7 Å². The van der Waals surface area contributed by atoms with Crippen molar-refractivity contribution in [1.29, 1.82) is 0 Å². The van der Waals surface area contributed by atoms with Crippen LogP contribution in [0.5, 0.6) is 0 Å². The van der Waals surface area contributed by atoms with Crippen LogP contribution in [0.3, 0.4) is 0 Å². The maximum Gasteiger partial charge on any atom is 0.225 e. The Morgan fingerprint density at radius 2 is 1.66 bits per heavy atom. The lowest BCUT2D eigenvalue weighted by molar-refractivity contribution is -0.121. The molecule has 0 bridgehead atoms. The first-order valence-corrected chi connectivity index (χ1v) is 12.2. The van der Waals surface area contributed by atoms with Gasteiger partial charge in [-0.15, -0.1) is 0 Å². The summed E-state index contributed by atoms with van der Waals surface area (Å²) in [5.74, 6) is 0.778. The SMILES string of the molecule is CNC(=O)CCCCC[C@H](NC(=O)Cc1ccccc1)c1ncc(-c2ccc3ccccc3c2)[nH]1. The van der Waals surface area contributed by atoms with Crippen molar-refractivity contribution in [2.75, 3.05) is 7.05 Å². The van der Waals surface area contributed by atoms with Gasteiger partial charge in [-0.25, -0.2) is 4.98 Å². The number of unbranched alkanes of at least 4 members (excludes halogenated alkanes) is 2. The number of aromatic nitrogens is 2. The van der Waals surface area contributed by atoms with E-state index < -0.39 is 0 Å². The molecule has 0 fully saturated rings. The van der Waals surface area contributed by atoms with E-state index in [1.54, 1.807) is 7.05 Å². The van der Waals surface area contributed by atoms with Gasteiger partial charge in [0, 0.05) is 19.0 Å². The number of carbonyl (C=O) groups is 2. The van der Waals surface area contributed by atoms with Crippen molar-refractivity contribution in [1.82, 2.24) is 20.6 Å². The summed E-state index contributed by atoms with van der Waals surface area (Å²) < 4.78 is 0. The standard InChI is InChI=1S/C29H32N4O2/c1-30-27(34)15-7-3-6-14-25(32-28(35)18-21-10-4-2-5-11-21)29-31-20-26(33-29)24-17-16-22-12-8-9-13-23(22)19-24/h2,4-5,8-13,16-17,19-20,25H,3,6-7,14-15,18H2,1H3,(H,30,34)(H,31,33)(H,32,35)/t25-/m0/s1. The van der Waals surface area contributed by atoms with E-state index in [0.717, 1.165) is 48.3 Å². The number of hydrogen-bond acceptors (Lipinski definition) is 3. The van der Waals surface area contributed by atoms with E-state index >= 15 is 0 Å². The van der Waals surface area contributed by atoms with Gasteiger partial charge >= 0.3 is 0 Å². The van der Waals surface area contributed by atoms with Crippen LogP contribution >= 0.6 is 0 Å². The highest BCUT2D eigenvalue weighted by Gasteiger charge is 2.18. The van der Waals surface area contributed by atoms with Gasteiger partial charge in [-0.3, -0.25) is 9.59 Å². The highest BCUT2D eigenvalue weighted by atomic mass is 16.2. The van der Waals surface area contributed by atoms with Crippen LogP contribution in [-0.2, 0) is 16.0 Å². The number of imidazole rings is 1. The third kappa shape index (κ3) is 6.79. The normalized spacial score (nSPS) is 11.8. The van der Waals surface area contributed by atoms with Gasteiger partial charge in [0.15, 0.2) is 0 Å². The number of carbonyl (C=O) groups excluding carboxylic acids is 2. The van der Waals surface area contributed by atoms with Crippen molar-refractivity contribution in [3.05, 3.63) is 90.4 Å². The number of rotatable bonds is 11. The van der Waals surface area contributed by atoms with Crippen LogP contribution in [0.1, 0.15) is 49.5 Å². The Balaban J connectivity index is 1.46. The second kappa shape index (κ2) is 12.0. The molecule has 3 aromatic carbocycles. The molecule has 0 saturated carbocycles. The molecule has 6 nitrogen and oxygen atoms in total. The summed E-state index contributed by atoms with van der Waals surface area (Å²) in [7, 11) is 1.66. The number of benzene rings is 3. The van der Waals surface area contributed by atoms with Crippen molar-refractivity contribution in [2.24, 2.45) is 0 Å². The van der Waals surface area contributed by atoms with E-state index in [9.17, 15) is 9.59 Å². The number of nitrogens with zero attached hydrogens (tertiary/aromatic N) is 1. The Kier molecular flexibility index (Phi) is 8.28. The highest BCUT2D eigenvalue weighted by molar-refractivity contribution is 5.86. The number of hydrogen-bond donors (Lipinski definition) is 3. The van der Waals surface area contributed by atoms with Crippen molar-refractivity contribution in [2.45, 2.75) is 44.6 Å². The van der Waals surface area contributed by atoms with Gasteiger partial charge in [-0.2, -0.15) is 0 Å². The molecule has 180 valence electrons. The minimum Gasteiger partial charge on any atom is -0.359 e. The maximum atomic E-state index is 12.8. The first-order valence-electron chi connectivity index (χ1n) is 12.2. The fourth-order valence-electron chi connectivity index (χ4n) is 4.26. The fraction of sp³-hybridized carbons (Fsp3) is 0.276. The average molecular weight is 469 g/mol. The molecule has 1 heterocycles. The lowest BCUT2D eigenvalue weighted by atomic mass is 10.0. The summed E-state index contributed by atoms with van der Waals surface area (Å²) in [4.78, 5) is 32.4. The molecule has 0 aliphatic carbocycles. The van der Waals surface area contributed by atoms with E-state index in [1.165, 1.54) is 10.8 Å².